The monoisotopic (exact) mass is 390 g/mol. The lowest BCUT2D eigenvalue weighted by molar-refractivity contribution is 0.102. The molecule has 1 aromatic heterocycles. The molecule has 0 aliphatic heterocycles. The maximum Gasteiger partial charge on any atom is 0.258 e. The lowest BCUT2D eigenvalue weighted by Gasteiger charge is -2.09. The van der Waals surface area contributed by atoms with Crippen molar-refractivity contribution in [3.63, 3.8) is 0 Å². The molecule has 19 heavy (non-hydrogen) atoms. The number of carbonyl (C=O) groups is 1. The number of nitrogens with zero attached hydrogens (tertiary/aromatic N) is 1. The number of aromatic nitrogens is 1. The molecule has 0 unspecified atom stereocenters. The highest BCUT2D eigenvalue weighted by Gasteiger charge is 2.17. The molecule has 1 heterocycles. The summed E-state index contributed by atoms with van der Waals surface area (Å²) in [4.78, 5) is 15.0. The smallest absolute Gasteiger partial charge is 0.258 e. The van der Waals surface area contributed by atoms with E-state index in [4.69, 9.17) is 0 Å². The second-order valence-electron chi connectivity index (χ2n) is 3.51. The molecule has 0 radical (unpaired) electrons. The van der Waals surface area contributed by atoms with E-state index in [2.05, 4.69) is 42.2 Å². The summed E-state index contributed by atoms with van der Waals surface area (Å²) in [6.07, 6.45) is 1.03. The number of nitrogens with one attached hydrogen (secondary N) is 1. The fourth-order valence-electron chi connectivity index (χ4n) is 1.39. The standard InChI is InChI=1S/C12H6Br2F2N2O/c13-7-2-1-3-8(14)10(7)18-12(19)6-4-5-17-11(16)9(6)15/h1-5H,(H,18,19). The van der Waals surface area contributed by atoms with E-state index in [1.54, 1.807) is 18.2 Å². The average molecular weight is 392 g/mol. The molecule has 0 bridgehead atoms. The van der Waals surface area contributed by atoms with Gasteiger partial charge in [-0.2, -0.15) is 4.39 Å². The van der Waals surface area contributed by atoms with Crippen LogP contribution in [0.2, 0.25) is 0 Å². The van der Waals surface area contributed by atoms with Gasteiger partial charge in [0, 0.05) is 15.1 Å². The first-order chi connectivity index (χ1) is 9.00. The van der Waals surface area contributed by atoms with Crippen LogP contribution in [-0.4, -0.2) is 10.9 Å². The van der Waals surface area contributed by atoms with E-state index >= 15 is 0 Å². The van der Waals surface area contributed by atoms with Gasteiger partial charge in [-0.1, -0.05) is 6.07 Å². The Hall–Kier alpha value is -1.34. The number of pyridine rings is 1. The summed E-state index contributed by atoms with van der Waals surface area (Å²) in [5, 5.41) is 2.50. The molecule has 0 saturated heterocycles. The maximum absolute atomic E-state index is 13.4. The van der Waals surface area contributed by atoms with Crippen molar-refractivity contribution in [3.8, 4) is 0 Å². The van der Waals surface area contributed by atoms with Crippen molar-refractivity contribution >= 4 is 43.5 Å². The minimum Gasteiger partial charge on any atom is -0.320 e. The third-order valence-corrected chi connectivity index (χ3v) is 3.61. The van der Waals surface area contributed by atoms with Crippen molar-refractivity contribution in [3.05, 3.63) is 56.7 Å². The molecule has 0 aliphatic rings. The first-order valence-corrected chi connectivity index (χ1v) is 6.64. The molecule has 0 atom stereocenters. The number of carbonyl (C=O) groups excluding carboxylic acids is 1. The third-order valence-electron chi connectivity index (χ3n) is 2.29. The van der Waals surface area contributed by atoms with Crippen LogP contribution in [0.5, 0.6) is 0 Å². The lowest BCUT2D eigenvalue weighted by Crippen LogP contribution is -2.15. The number of halogens is 4. The molecule has 0 spiro atoms. The van der Waals surface area contributed by atoms with E-state index in [1.807, 2.05) is 0 Å². The molecular formula is C12H6Br2F2N2O. The summed E-state index contributed by atoms with van der Waals surface area (Å²) >= 11 is 6.51. The Morgan fingerprint density at radius 1 is 1.16 bits per heavy atom. The van der Waals surface area contributed by atoms with Gasteiger partial charge in [0.2, 0.25) is 5.95 Å². The van der Waals surface area contributed by atoms with Crippen LogP contribution in [0, 0.1) is 11.8 Å². The topological polar surface area (TPSA) is 42.0 Å². The highest BCUT2D eigenvalue weighted by molar-refractivity contribution is 9.11. The van der Waals surface area contributed by atoms with Crippen LogP contribution in [0.15, 0.2) is 39.4 Å². The molecule has 3 nitrogen and oxygen atoms in total. The van der Waals surface area contributed by atoms with Crippen molar-refractivity contribution in [1.29, 1.82) is 0 Å². The van der Waals surface area contributed by atoms with Crippen LogP contribution >= 0.6 is 31.9 Å². The highest BCUT2D eigenvalue weighted by atomic mass is 79.9. The molecule has 0 aliphatic carbocycles. The summed E-state index contributed by atoms with van der Waals surface area (Å²) in [5.41, 5.74) is 0.0271. The Morgan fingerprint density at radius 3 is 2.42 bits per heavy atom. The van der Waals surface area contributed by atoms with Gasteiger partial charge >= 0.3 is 0 Å². The number of amides is 1. The summed E-state index contributed by atoms with van der Waals surface area (Å²) in [6, 6.07) is 6.29. The van der Waals surface area contributed by atoms with E-state index < -0.39 is 23.2 Å². The maximum atomic E-state index is 13.4. The molecule has 1 aromatic carbocycles. The second-order valence-corrected chi connectivity index (χ2v) is 5.22. The molecule has 1 amide bonds. The van der Waals surface area contributed by atoms with Crippen LogP contribution in [0.3, 0.4) is 0 Å². The van der Waals surface area contributed by atoms with Crippen LogP contribution in [0.1, 0.15) is 10.4 Å². The zero-order chi connectivity index (χ0) is 14.0. The number of hydrogen-bond acceptors (Lipinski definition) is 2. The molecule has 0 saturated carbocycles. The average Bonchev–Trinajstić information content (AvgIpc) is 2.37. The van der Waals surface area contributed by atoms with E-state index in [9.17, 15) is 13.6 Å². The number of anilines is 1. The Bertz CT molecular complexity index is 629. The largest absolute Gasteiger partial charge is 0.320 e. The number of hydrogen-bond donors (Lipinski definition) is 1. The Morgan fingerprint density at radius 2 is 1.79 bits per heavy atom. The quantitative estimate of drug-likeness (QED) is 0.782. The number of para-hydroxylation sites is 1. The minimum absolute atomic E-state index is 0.407. The Labute approximate surface area is 124 Å². The summed E-state index contributed by atoms with van der Waals surface area (Å²) in [7, 11) is 0. The fourth-order valence-corrected chi connectivity index (χ4v) is 2.59. The SMILES string of the molecule is O=C(Nc1c(Br)cccc1Br)c1ccnc(F)c1F. The molecular weight excluding hydrogens is 386 g/mol. The fraction of sp³-hybridized carbons (Fsp3) is 0. The van der Waals surface area contributed by atoms with Gasteiger partial charge in [0.15, 0.2) is 5.82 Å². The first-order valence-electron chi connectivity index (χ1n) is 5.06. The van der Waals surface area contributed by atoms with Gasteiger partial charge in [-0.05, 0) is 50.1 Å². The lowest BCUT2D eigenvalue weighted by atomic mass is 10.2. The van der Waals surface area contributed by atoms with E-state index in [0.29, 0.717) is 14.6 Å². The normalized spacial score (nSPS) is 10.3. The van der Waals surface area contributed by atoms with Crippen molar-refractivity contribution < 1.29 is 13.6 Å². The molecule has 7 heteroatoms. The minimum atomic E-state index is -1.31. The second kappa shape index (κ2) is 5.75. The van der Waals surface area contributed by atoms with Gasteiger partial charge in [0.05, 0.1) is 11.3 Å². The van der Waals surface area contributed by atoms with Gasteiger partial charge < -0.3 is 5.32 Å². The number of rotatable bonds is 2. The molecule has 0 fully saturated rings. The van der Waals surface area contributed by atoms with Crippen LogP contribution in [0.25, 0.3) is 0 Å². The zero-order valence-electron chi connectivity index (χ0n) is 9.25. The Balaban J connectivity index is 2.34. The zero-order valence-corrected chi connectivity index (χ0v) is 12.4. The van der Waals surface area contributed by atoms with E-state index in [-0.39, 0.29) is 0 Å². The van der Waals surface area contributed by atoms with Gasteiger partial charge in [-0.25, -0.2) is 9.37 Å². The van der Waals surface area contributed by atoms with Crippen molar-refractivity contribution in [2.24, 2.45) is 0 Å². The molecule has 2 rings (SSSR count). The highest BCUT2D eigenvalue weighted by Crippen LogP contribution is 2.31. The summed E-state index contributed by atoms with van der Waals surface area (Å²) in [5.74, 6) is -3.34. The summed E-state index contributed by atoms with van der Waals surface area (Å²) < 4.78 is 27.6. The van der Waals surface area contributed by atoms with Crippen LogP contribution < -0.4 is 5.32 Å². The molecule has 98 valence electrons. The summed E-state index contributed by atoms with van der Waals surface area (Å²) in [6.45, 7) is 0. The van der Waals surface area contributed by atoms with E-state index in [0.717, 1.165) is 12.3 Å². The van der Waals surface area contributed by atoms with Gasteiger partial charge in [0.1, 0.15) is 0 Å². The van der Waals surface area contributed by atoms with Crippen molar-refractivity contribution in [2.45, 2.75) is 0 Å². The first kappa shape index (κ1) is 14.1. The predicted octanol–water partition coefficient (Wildman–Crippen LogP) is 4.14. The van der Waals surface area contributed by atoms with Crippen LogP contribution in [-0.2, 0) is 0 Å². The van der Waals surface area contributed by atoms with Gasteiger partial charge in [-0.15, -0.1) is 0 Å². The van der Waals surface area contributed by atoms with Gasteiger partial charge in [-0.3, -0.25) is 4.79 Å². The van der Waals surface area contributed by atoms with Crippen LogP contribution in [0.4, 0.5) is 14.5 Å². The molecule has 2 aromatic rings. The van der Waals surface area contributed by atoms with Gasteiger partial charge in [0.25, 0.3) is 5.91 Å². The number of benzene rings is 1. The van der Waals surface area contributed by atoms with Crippen molar-refractivity contribution in [2.75, 3.05) is 5.32 Å². The van der Waals surface area contributed by atoms with Crippen molar-refractivity contribution in [1.82, 2.24) is 4.98 Å². The Kier molecular flexibility index (Phi) is 4.26. The third kappa shape index (κ3) is 2.98. The molecule has 1 N–H and O–H groups in total. The predicted molar refractivity (Wildman–Crippen MR) is 73.9 cm³/mol. The van der Waals surface area contributed by atoms with E-state index in [1.165, 1.54) is 0 Å².